The lowest BCUT2D eigenvalue weighted by molar-refractivity contribution is 0.104. The molecule has 0 heterocycles. The van der Waals surface area contributed by atoms with Gasteiger partial charge in [0, 0.05) is 25.8 Å². The molecule has 0 bridgehead atoms. The molecule has 1 aliphatic rings. The van der Waals surface area contributed by atoms with Crippen LogP contribution in [0.4, 0.5) is 0 Å². The van der Waals surface area contributed by atoms with Crippen molar-refractivity contribution in [2.24, 2.45) is 5.92 Å². The highest BCUT2D eigenvalue weighted by atomic mass is 16.5. The third kappa shape index (κ3) is 4.09. The van der Waals surface area contributed by atoms with E-state index in [4.69, 9.17) is 4.74 Å². The summed E-state index contributed by atoms with van der Waals surface area (Å²) in [5.41, 5.74) is 0.000249. The Bertz CT molecular complexity index is 167. The van der Waals surface area contributed by atoms with Gasteiger partial charge in [-0.2, -0.15) is 0 Å². The van der Waals surface area contributed by atoms with Gasteiger partial charge in [-0.05, 0) is 18.8 Å². The van der Waals surface area contributed by atoms with E-state index in [1.807, 2.05) is 0 Å². The van der Waals surface area contributed by atoms with Crippen molar-refractivity contribution in [2.75, 3.05) is 26.9 Å². The van der Waals surface area contributed by atoms with E-state index in [1.54, 1.807) is 7.11 Å². The van der Waals surface area contributed by atoms with Gasteiger partial charge in [0.25, 0.3) is 0 Å². The monoisotopic (exact) mass is 215 g/mol. The summed E-state index contributed by atoms with van der Waals surface area (Å²) < 4.78 is 5.11. The van der Waals surface area contributed by atoms with Crippen molar-refractivity contribution < 1.29 is 9.84 Å². The van der Waals surface area contributed by atoms with E-state index < -0.39 is 0 Å². The minimum absolute atomic E-state index is 0.000249. The van der Waals surface area contributed by atoms with E-state index in [-0.39, 0.29) is 12.1 Å². The van der Waals surface area contributed by atoms with Crippen LogP contribution >= 0.6 is 0 Å². The maximum Gasteiger partial charge on any atom is 0.0613 e. The quantitative estimate of drug-likeness (QED) is 0.706. The van der Waals surface area contributed by atoms with E-state index in [9.17, 15) is 5.11 Å². The largest absolute Gasteiger partial charge is 0.394 e. The van der Waals surface area contributed by atoms with Crippen molar-refractivity contribution in [1.82, 2.24) is 5.32 Å². The molecule has 3 heteroatoms. The van der Waals surface area contributed by atoms with Crippen molar-refractivity contribution in [3.05, 3.63) is 0 Å². The molecule has 90 valence electrons. The summed E-state index contributed by atoms with van der Waals surface area (Å²) in [5.74, 6) is 0.514. The summed E-state index contributed by atoms with van der Waals surface area (Å²) in [6, 6.07) is 0. The number of rotatable bonds is 6. The Morgan fingerprint density at radius 2 is 2.00 bits per heavy atom. The predicted octanol–water partition coefficient (Wildman–Crippen LogP) is 1.55. The molecule has 0 amide bonds. The Balaban J connectivity index is 2.32. The molecular formula is C12H25NO2. The zero-order chi connectivity index (χ0) is 11.1. The Labute approximate surface area is 93.2 Å². The molecule has 0 saturated heterocycles. The smallest absolute Gasteiger partial charge is 0.0613 e. The highest BCUT2D eigenvalue weighted by Crippen LogP contribution is 2.27. The minimum Gasteiger partial charge on any atom is -0.394 e. The summed E-state index contributed by atoms with van der Waals surface area (Å²) in [7, 11) is 1.74. The van der Waals surface area contributed by atoms with Crippen LogP contribution in [0, 0.1) is 5.92 Å². The average molecular weight is 215 g/mol. The summed E-state index contributed by atoms with van der Waals surface area (Å²) >= 11 is 0. The van der Waals surface area contributed by atoms with Crippen molar-refractivity contribution in [3.8, 4) is 0 Å². The number of hydrogen-bond acceptors (Lipinski definition) is 3. The molecule has 0 spiro atoms. The molecule has 1 aliphatic carbocycles. The van der Waals surface area contributed by atoms with E-state index in [0.29, 0.717) is 5.92 Å². The number of ether oxygens (including phenoxy) is 1. The first kappa shape index (κ1) is 12.9. The average Bonchev–Trinajstić information content (AvgIpc) is 2.28. The second-order valence-electron chi connectivity index (χ2n) is 4.94. The van der Waals surface area contributed by atoms with Gasteiger partial charge in [-0.1, -0.05) is 26.2 Å². The number of nitrogens with one attached hydrogen (secondary N) is 1. The van der Waals surface area contributed by atoms with Crippen molar-refractivity contribution >= 4 is 0 Å². The van der Waals surface area contributed by atoms with Gasteiger partial charge in [0.2, 0.25) is 0 Å². The molecule has 0 radical (unpaired) electrons. The van der Waals surface area contributed by atoms with E-state index in [1.165, 1.54) is 19.3 Å². The Morgan fingerprint density at radius 3 is 2.53 bits per heavy atom. The van der Waals surface area contributed by atoms with Gasteiger partial charge >= 0.3 is 0 Å². The number of aliphatic hydroxyl groups is 1. The highest BCUT2D eigenvalue weighted by molar-refractivity contribution is 4.90. The first-order valence-corrected chi connectivity index (χ1v) is 6.07. The van der Waals surface area contributed by atoms with Crippen LogP contribution in [0.25, 0.3) is 0 Å². The lowest BCUT2D eigenvalue weighted by atomic mass is 9.82. The lowest BCUT2D eigenvalue weighted by Gasteiger charge is -2.37. The zero-order valence-corrected chi connectivity index (χ0v) is 10.1. The molecule has 1 atom stereocenters. The minimum atomic E-state index is 0.000249. The fourth-order valence-corrected chi connectivity index (χ4v) is 2.35. The highest BCUT2D eigenvalue weighted by Gasteiger charge is 2.30. The first-order valence-electron chi connectivity index (χ1n) is 6.07. The summed E-state index contributed by atoms with van der Waals surface area (Å²) in [6.45, 7) is 4.17. The van der Waals surface area contributed by atoms with E-state index in [2.05, 4.69) is 12.2 Å². The van der Waals surface area contributed by atoms with Crippen LogP contribution in [-0.2, 0) is 4.74 Å². The first-order chi connectivity index (χ1) is 7.22. The molecule has 0 aliphatic heterocycles. The summed E-state index contributed by atoms with van der Waals surface area (Å²) in [4.78, 5) is 0. The molecular weight excluding hydrogens is 190 g/mol. The lowest BCUT2D eigenvalue weighted by Crippen LogP contribution is -2.51. The maximum absolute atomic E-state index is 9.49. The van der Waals surface area contributed by atoms with Gasteiger partial charge in [-0.3, -0.25) is 0 Å². The van der Waals surface area contributed by atoms with Crippen LogP contribution in [0.3, 0.4) is 0 Å². The fourth-order valence-electron chi connectivity index (χ4n) is 2.35. The standard InChI is InChI=1S/C12H25NO2/c1-11(9-15-2)8-13-12(10-14)6-4-3-5-7-12/h11,13-14H,3-10H2,1-2H3. The zero-order valence-electron chi connectivity index (χ0n) is 10.1. The molecule has 2 N–H and O–H groups in total. The molecule has 3 nitrogen and oxygen atoms in total. The van der Waals surface area contributed by atoms with Crippen molar-refractivity contribution in [1.29, 1.82) is 0 Å². The topological polar surface area (TPSA) is 41.5 Å². The summed E-state index contributed by atoms with van der Waals surface area (Å²) in [6.07, 6.45) is 6.03. The molecule has 1 rings (SSSR count). The van der Waals surface area contributed by atoms with Crippen LogP contribution in [0.1, 0.15) is 39.0 Å². The third-order valence-corrected chi connectivity index (χ3v) is 3.39. The van der Waals surface area contributed by atoms with Gasteiger partial charge in [0.1, 0.15) is 0 Å². The van der Waals surface area contributed by atoms with E-state index >= 15 is 0 Å². The number of methoxy groups -OCH3 is 1. The second kappa shape index (κ2) is 6.46. The molecule has 0 aromatic rings. The Morgan fingerprint density at radius 1 is 1.33 bits per heavy atom. The predicted molar refractivity (Wildman–Crippen MR) is 61.9 cm³/mol. The second-order valence-corrected chi connectivity index (χ2v) is 4.94. The molecule has 1 unspecified atom stereocenters. The normalized spacial score (nSPS) is 22.6. The van der Waals surface area contributed by atoms with Crippen molar-refractivity contribution in [2.45, 2.75) is 44.6 Å². The fraction of sp³-hybridized carbons (Fsp3) is 1.00. The van der Waals surface area contributed by atoms with Crippen LogP contribution < -0.4 is 5.32 Å². The third-order valence-electron chi connectivity index (χ3n) is 3.39. The van der Waals surface area contributed by atoms with Crippen molar-refractivity contribution in [3.63, 3.8) is 0 Å². The van der Waals surface area contributed by atoms with Gasteiger partial charge in [0.05, 0.1) is 6.61 Å². The van der Waals surface area contributed by atoms with Gasteiger partial charge in [-0.15, -0.1) is 0 Å². The van der Waals surface area contributed by atoms with Crippen LogP contribution in [0.15, 0.2) is 0 Å². The Kier molecular flexibility index (Phi) is 5.58. The maximum atomic E-state index is 9.49. The van der Waals surface area contributed by atoms with Gasteiger partial charge in [0.15, 0.2) is 0 Å². The summed E-state index contributed by atoms with van der Waals surface area (Å²) in [5, 5.41) is 13.0. The van der Waals surface area contributed by atoms with E-state index in [0.717, 1.165) is 26.0 Å². The Hall–Kier alpha value is -0.120. The van der Waals surface area contributed by atoms with Crippen LogP contribution in [0.5, 0.6) is 0 Å². The molecule has 1 fully saturated rings. The van der Waals surface area contributed by atoms with Crippen LogP contribution in [0.2, 0.25) is 0 Å². The molecule has 0 aromatic carbocycles. The van der Waals surface area contributed by atoms with Gasteiger partial charge < -0.3 is 15.2 Å². The number of hydrogen-bond donors (Lipinski definition) is 2. The SMILES string of the molecule is COCC(C)CNC1(CO)CCCCC1. The molecule has 0 aromatic heterocycles. The molecule has 15 heavy (non-hydrogen) atoms. The number of aliphatic hydroxyl groups excluding tert-OH is 1. The van der Waals surface area contributed by atoms with Crippen LogP contribution in [-0.4, -0.2) is 37.5 Å². The van der Waals surface area contributed by atoms with Gasteiger partial charge in [-0.25, -0.2) is 0 Å². The molecule has 1 saturated carbocycles.